The van der Waals surface area contributed by atoms with Gasteiger partial charge in [0.2, 0.25) is 5.91 Å². The van der Waals surface area contributed by atoms with Crippen LogP contribution in [0.15, 0.2) is 30.5 Å². The Balaban J connectivity index is 1.55. The summed E-state index contributed by atoms with van der Waals surface area (Å²) in [4.78, 5) is 29.6. The van der Waals surface area contributed by atoms with Crippen molar-refractivity contribution in [2.45, 2.75) is 38.6 Å². The highest BCUT2D eigenvalue weighted by Crippen LogP contribution is 2.40. The van der Waals surface area contributed by atoms with Gasteiger partial charge in [-0.1, -0.05) is 13.8 Å². The molecule has 26 heavy (non-hydrogen) atoms. The highest BCUT2D eigenvalue weighted by atomic mass is 16.2. The molecule has 2 amide bonds. The molecule has 0 saturated carbocycles. The molecule has 2 fully saturated rings. The molecule has 1 spiro atoms. The molecule has 2 aliphatic rings. The lowest BCUT2D eigenvalue weighted by molar-refractivity contribution is -0.155. The van der Waals surface area contributed by atoms with E-state index in [1.165, 1.54) is 0 Å². The number of carbonyl (C=O) groups excluding carboxylic acids is 2. The average molecular weight is 353 g/mol. The molecule has 1 aromatic heterocycles. The van der Waals surface area contributed by atoms with Gasteiger partial charge < -0.3 is 14.4 Å². The minimum Gasteiger partial charge on any atom is -0.351 e. The van der Waals surface area contributed by atoms with Crippen molar-refractivity contribution in [1.82, 2.24) is 14.4 Å². The molecule has 3 heterocycles. The smallest absolute Gasteiger partial charge is 0.253 e. The van der Waals surface area contributed by atoms with E-state index in [0.717, 1.165) is 48.8 Å². The van der Waals surface area contributed by atoms with E-state index >= 15 is 0 Å². The molecule has 2 saturated heterocycles. The minimum absolute atomic E-state index is 0.0127. The van der Waals surface area contributed by atoms with Gasteiger partial charge in [0.05, 0.1) is 5.54 Å². The van der Waals surface area contributed by atoms with Crippen LogP contribution in [-0.2, 0) is 11.8 Å². The molecule has 5 nitrogen and oxygen atoms in total. The zero-order chi connectivity index (χ0) is 18.5. The Hall–Kier alpha value is -2.30. The van der Waals surface area contributed by atoms with E-state index in [0.29, 0.717) is 6.54 Å². The van der Waals surface area contributed by atoms with Gasteiger partial charge in [-0.2, -0.15) is 0 Å². The summed E-state index contributed by atoms with van der Waals surface area (Å²) in [5, 5.41) is 1.09. The molecule has 1 aromatic carbocycles. The number of piperidine rings is 1. The van der Waals surface area contributed by atoms with E-state index in [2.05, 4.69) is 4.57 Å². The second-order valence-corrected chi connectivity index (χ2v) is 8.15. The van der Waals surface area contributed by atoms with Gasteiger partial charge in [-0.05, 0) is 43.5 Å². The molecule has 1 atom stereocenters. The minimum atomic E-state index is -0.133. The lowest BCUT2D eigenvalue weighted by atomic mass is 9.76. The summed E-state index contributed by atoms with van der Waals surface area (Å²) in [7, 11) is 2.01. The molecule has 1 unspecified atom stereocenters. The number of carbonyl (C=O) groups is 2. The van der Waals surface area contributed by atoms with Crippen LogP contribution in [0.2, 0.25) is 0 Å². The summed E-state index contributed by atoms with van der Waals surface area (Å²) in [6.45, 7) is 6.17. The number of likely N-dealkylation sites (tertiary alicyclic amines) is 2. The molecule has 0 aliphatic carbocycles. The third kappa shape index (κ3) is 2.61. The zero-order valence-corrected chi connectivity index (χ0v) is 15.9. The summed E-state index contributed by atoms with van der Waals surface area (Å²) in [6, 6.07) is 7.96. The van der Waals surface area contributed by atoms with Crippen molar-refractivity contribution >= 4 is 22.7 Å². The van der Waals surface area contributed by atoms with Crippen molar-refractivity contribution in [1.29, 1.82) is 0 Å². The maximum Gasteiger partial charge on any atom is 0.253 e. The van der Waals surface area contributed by atoms with Crippen molar-refractivity contribution in [3.63, 3.8) is 0 Å². The third-order valence-electron chi connectivity index (χ3n) is 6.11. The largest absolute Gasteiger partial charge is 0.351 e. The Morgan fingerprint density at radius 1 is 1.12 bits per heavy atom. The van der Waals surface area contributed by atoms with Gasteiger partial charge in [-0.15, -0.1) is 0 Å². The van der Waals surface area contributed by atoms with Crippen LogP contribution in [0.3, 0.4) is 0 Å². The lowest BCUT2D eigenvalue weighted by Crippen LogP contribution is -2.69. The molecular weight excluding hydrogens is 326 g/mol. The predicted octanol–water partition coefficient (Wildman–Crippen LogP) is 3.04. The fourth-order valence-corrected chi connectivity index (χ4v) is 4.50. The number of fused-ring (bicyclic) bond motifs is 1. The van der Waals surface area contributed by atoms with E-state index in [1.54, 1.807) is 0 Å². The van der Waals surface area contributed by atoms with E-state index in [9.17, 15) is 9.59 Å². The maximum atomic E-state index is 13.1. The molecule has 4 rings (SSSR count). The van der Waals surface area contributed by atoms with Gasteiger partial charge in [-0.25, -0.2) is 0 Å². The van der Waals surface area contributed by atoms with Crippen molar-refractivity contribution in [3.05, 3.63) is 36.0 Å². The molecule has 0 N–H and O–H groups in total. The number of benzene rings is 1. The van der Waals surface area contributed by atoms with Gasteiger partial charge in [-0.3, -0.25) is 9.59 Å². The van der Waals surface area contributed by atoms with Gasteiger partial charge in [0, 0.05) is 55.3 Å². The fourth-order valence-electron chi connectivity index (χ4n) is 4.50. The molecular formula is C21H27N3O2. The number of aromatic nitrogens is 1. The summed E-state index contributed by atoms with van der Waals surface area (Å²) < 4.78 is 2.06. The number of hydrogen-bond acceptors (Lipinski definition) is 2. The monoisotopic (exact) mass is 353 g/mol. The van der Waals surface area contributed by atoms with Gasteiger partial charge in [0.1, 0.15) is 0 Å². The zero-order valence-electron chi connectivity index (χ0n) is 15.9. The van der Waals surface area contributed by atoms with Crippen molar-refractivity contribution < 1.29 is 9.59 Å². The van der Waals surface area contributed by atoms with Gasteiger partial charge in [0.15, 0.2) is 0 Å². The lowest BCUT2D eigenvalue weighted by Gasteiger charge is -2.57. The highest BCUT2D eigenvalue weighted by molar-refractivity contribution is 5.98. The van der Waals surface area contributed by atoms with Gasteiger partial charge >= 0.3 is 0 Å². The van der Waals surface area contributed by atoms with Crippen molar-refractivity contribution in [2.75, 3.05) is 19.6 Å². The van der Waals surface area contributed by atoms with E-state index in [4.69, 9.17) is 0 Å². The molecule has 0 radical (unpaired) electrons. The summed E-state index contributed by atoms with van der Waals surface area (Å²) in [5.41, 5.74) is 1.73. The number of nitrogens with zero attached hydrogens (tertiary/aromatic N) is 3. The molecule has 2 aromatic rings. The van der Waals surface area contributed by atoms with Crippen molar-refractivity contribution in [3.8, 4) is 0 Å². The second-order valence-electron chi connectivity index (χ2n) is 8.15. The molecule has 5 heteroatoms. The predicted molar refractivity (Wildman–Crippen MR) is 102 cm³/mol. The molecule has 138 valence electrons. The fraction of sp³-hybridized carbons (Fsp3) is 0.524. The van der Waals surface area contributed by atoms with Crippen LogP contribution in [-0.4, -0.2) is 51.4 Å². The average Bonchev–Trinajstić information content (AvgIpc) is 3.00. The molecule has 0 bridgehead atoms. The number of amides is 2. The summed E-state index contributed by atoms with van der Waals surface area (Å²) >= 11 is 0. The number of hydrogen-bond donors (Lipinski definition) is 0. The van der Waals surface area contributed by atoms with Crippen LogP contribution < -0.4 is 0 Å². The van der Waals surface area contributed by atoms with Crippen LogP contribution in [0.25, 0.3) is 10.9 Å². The SMILES string of the molecule is CC(C)C(=O)N1CCC12CCCN(C(=O)c1ccc3c(ccn3C)c1)C2. The van der Waals surface area contributed by atoms with Crippen molar-refractivity contribution in [2.24, 2.45) is 13.0 Å². The van der Waals surface area contributed by atoms with Crippen LogP contribution in [0, 0.1) is 5.92 Å². The quantitative estimate of drug-likeness (QED) is 0.833. The Kier molecular flexibility index (Phi) is 4.05. The topological polar surface area (TPSA) is 45.6 Å². The Bertz CT molecular complexity index is 869. The van der Waals surface area contributed by atoms with E-state index in [-0.39, 0.29) is 23.3 Å². The normalized spacial score (nSPS) is 22.9. The summed E-state index contributed by atoms with van der Waals surface area (Å²) in [6.07, 6.45) is 4.99. The van der Waals surface area contributed by atoms with E-state index < -0.39 is 0 Å². The van der Waals surface area contributed by atoms with Crippen LogP contribution in [0.4, 0.5) is 0 Å². The van der Waals surface area contributed by atoms with Crippen LogP contribution >= 0.6 is 0 Å². The molecule has 2 aliphatic heterocycles. The first-order valence-electron chi connectivity index (χ1n) is 9.57. The number of aryl methyl sites for hydroxylation is 1. The van der Waals surface area contributed by atoms with Crippen LogP contribution in [0.1, 0.15) is 43.5 Å². The highest BCUT2D eigenvalue weighted by Gasteiger charge is 2.50. The van der Waals surface area contributed by atoms with E-state index in [1.807, 2.05) is 61.2 Å². The standard InChI is InChI=1S/C21H27N3O2/c1-15(2)19(25)24-12-9-21(24)8-4-10-23(14-21)20(26)17-5-6-18-16(13-17)7-11-22(18)3/h5-7,11,13,15H,4,8-10,12,14H2,1-3H3. The van der Waals surface area contributed by atoms with Gasteiger partial charge in [0.25, 0.3) is 5.91 Å². The Morgan fingerprint density at radius 2 is 1.92 bits per heavy atom. The first kappa shape index (κ1) is 17.1. The number of rotatable bonds is 2. The maximum absolute atomic E-state index is 13.1. The summed E-state index contributed by atoms with van der Waals surface area (Å²) in [5.74, 6) is 0.314. The van der Waals surface area contributed by atoms with Crippen LogP contribution in [0.5, 0.6) is 0 Å². The Labute approximate surface area is 154 Å². The third-order valence-corrected chi connectivity index (χ3v) is 6.11. The second kappa shape index (κ2) is 6.15. The first-order chi connectivity index (χ1) is 12.4. The Morgan fingerprint density at radius 3 is 2.62 bits per heavy atom. The first-order valence-corrected chi connectivity index (χ1v) is 9.57.